The van der Waals surface area contributed by atoms with Gasteiger partial charge in [-0.15, -0.1) is 11.3 Å². The van der Waals surface area contributed by atoms with Gasteiger partial charge in [0.2, 0.25) is 0 Å². The lowest BCUT2D eigenvalue weighted by atomic mass is 10.3. The minimum Gasteiger partial charge on any atom is -0.310 e. The molecular formula is C8H8N2OS. The first-order chi connectivity index (χ1) is 5.68. The topological polar surface area (TPSA) is 45.8 Å². The molecule has 2 aromatic heterocycles. The standard InChI is InChI=1S/C8H8N2OS/c1-4-3-12-8-6(4)7(11)9-5(2)10-8/h3H,1-2H3,(H,9,10,11). The summed E-state index contributed by atoms with van der Waals surface area (Å²) in [5, 5.41) is 2.68. The third-order valence-corrected chi connectivity index (χ3v) is 2.74. The molecule has 0 fully saturated rings. The number of thiophene rings is 1. The van der Waals surface area contributed by atoms with Crippen molar-refractivity contribution >= 4 is 21.6 Å². The molecule has 3 nitrogen and oxygen atoms in total. The molecule has 4 heteroatoms. The van der Waals surface area contributed by atoms with Gasteiger partial charge in [-0.25, -0.2) is 4.98 Å². The van der Waals surface area contributed by atoms with Crippen LogP contribution in [0.3, 0.4) is 0 Å². The van der Waals surface area contributed by atoms with Crippen LogP contribution in [-0.2, 0) is 0 Å². The van der Waals surface area contributed by atoms with Gasteiger partial charge in [-0.1, -0.05) is 0 Å². The largest absolute Gasteiger partial charge is 0.310 e. The van der Waals surface area contributed by atoms with E-state index >= 15 is 0 Å². The summed E-state index contributed by atoms with van der Waals surface area (Å²) >= 11 is 1.51. The number of hydrogen-bond acceptors (Lipinski definition) is 3. The van der Waals surface area contributed by atoms with Crippen molar-refractivity contribution in [2.24, 2.45) is 0 Å². The Morgan fingerprint density at radius 2 is 2.25 bits per heavy atom. The molecule has 0 amide bonds. The van der Waals surface area contributed by atoms with Gasteiger partial charge in [0.1, 0.15) is 10.7 Å². The van der Waals surface area contributed by atoms with E-state index in [0.29, 0.717) is 5.82 Å². The minimum absolute atomic E-state index is 0.0312. The van der Waals surface area contributed by atoms with Crippen LogP contribution in [0.5, 0.6) is 0 Å². The number of aromatic amines is 1. The van der Waals surface area contributed by atoms with Gasteiger partial charge in [0.05, 0.1) is 5.39 Å². The van der Waals surface area contributed by atoms with E-state index in [1.807, 2.05) is 12.3 Å². The van der Waals surface area contributed by atoms with Crippen LogP contribution in [0, 0.1) is 13.8 Å². The van der Waals surface area contributed by atoms with Crippen molar-refractivity contribution in [3.8, 4) is 0 Å². The van der Waals surface area contributed by atoms with Crippen LogP contribution in [-0.4, -0.2) is 9.97 Å². The Labute approximate surface area is 73.1 Å². The second-order valence-corrected chi connectivity index (χ2v) is 3.61. The van der Waals surface area contributed by atoms with Crippen molar-refractivity contribution in [3.63, 3.8) is 0 Å². The SMILES string of the molecule is Cc1nc2scc(C)c2c(=O)[nH]1. The highest BCUT2D eigenvalue weighted by Gasteiger charge is 2.05. The van der Waals surface area contributed by atoms with Gasteiger partial charge in [-0.2, -0.15) is 0 Å². The second kappa shape index (κ2) is 2.42. The van der Waals surface area contributed by atoms with Crippen LogP contribution >= 0.6 is 11.3 Å². The summed E-state index contributed by atoms with van der Waals surface area (Å²) in [7, 11) is 0. The Hall–Kier alpha value is -1.16. The van der Waals surface area contributed by atoms with E-state index in [-0.39, 0.29) is 5.56 Å². The van der Waals surface area contributed by atoms with Crippen LogP contribution in [0.1, 0.15) is 11.4 Å². The number of nitrogens with zero attached hydrogens (tertiary/aromatic N) is 1. The molecule has 2 aromatic rings. The Bertz CT molecular complexity index is 483. The van der Waals surface area contributed by atoms with Crippen LogP contribution in [0.4, 0.5) is 0 Å². The summed E-state index contributed by atoms with van der Waals surface area (Å²) < 4.78 is 0. The summed E-state index contributed by atoms with van der Waals surface area (Å²) in [6, 6.07) is 0. The maximum Gasteiger partial charge on any atom is 0.259 e. The van der Waals surface area contributed by atoms with Gasteiger partial charge in [-0.3, -0.25) is 4.79 Å². The van der Waals surface area contributed by atoms with E-state index in [0.717, 1.165) is 15.8 Å². The van der Waals surface area contributed by atoms with Crippen molar-refractivity contribution in [2.45, 2.75) is 13.8 Å². The summed E-state index contributed by atoms with van der Waals surface area (Å²) in [6.45, 7) is 3.71. The molecule has 2 rings (SSSR count). The summed E-state index contributed by atoms with van der Waals surface area (Å²) in [4.78, 5) is 19.1. The highest BCUT2D eigenvalue weighted by atomic mass is 32.1. The van der Waals surface area contributed by atoms with Crippen LogP contribution in [0.15, 0.2) is 10.2 Å². The summed E-state index contributed by atoms with van der Waals surface area (Å²) in [5.74, 6) is 0.675. The fourth-order valence-electron chi connectivity index (χ4n) is 1.20. The maximum atomic E-state index is 11.4. The van der Waals surface area contributed by atoms with E-state index in [2.05, 4.69) is 9.97 Å². The average molecular weight is 180 g/mol. The molecule has 0 atom stereocenters. The smallest absolute Gasteiger partial charge is 0.259 e. The Balaban J connectivity index is 3.03. The first-order valence-corrected chi connectivity index (χ1v) is 4.51. The van der Waals surface area contributed by atoms with Gasteiger partial charge >= 0.3 is 0 Å². The third-order valence-electron chi connectivity index (χ3n) is 1.75. The second-order valence-electron chi connectivity index (χ2n) is 2.75. The molecule has 2 heterocycles. The molecule has 0 bridgehead atoms. The van der Waals surface area contributed by atoms with E-state index in [1.165, 1.54) is 11.3 Å². The lowest BCUT2D eigenvalue weighted by molar-refractivity contribution is 1.06. The normalized spacial score (nSPS) is 10.8. The van der Waals surface area contributed by atoms with Crippen molar-refractivity contribution in [2.75, 3.05) is 0 Å². The molecule has 0 spiro atoms. The molecule has 0 saturated carbocycles. The van der Waals surface area contributed by atoms with Gasteiger partial charge in [0, 0.05) is 0 Å². The molecule has 0 aliphatic rings. The fourth-order valence-corrected chi connectivity index (χ4v) is 2.16. The van der Waals surface area contributed by atoms with Crippen molar-refractivity contribution < 1.29 is 0 Å². The monoisotopic (exact) mass is 180 g/mol. The number of aromatic nitrogens is 2. The first-order valence-electron chi connectivity index (χ1n) is 3.63. The van der Waals surface area contributed by atoms with E-state index in [1.54, 1.807) is 6.92 Å². The minimum atomic E-state index is -0.0312. The van der Waals surface area contributed by atoms with E-state index in [9.17, 15) is 4.79 Å². The quantitative estimate of drug-likeness (QED) is 0.669. The Morgan fingerprint density at radius 3 is 3.00 bits per heavy atom. The number of aryl methyl sites for hydroxylation is 2. The first kappa shape index (κ1) is 7.49. The molecule has 0 aromatic carbocycles. The molecule has 0 saturated heterocycles. The van der Waals surface area contributed by atoms with Gasteiger partial charge < -0.3 is 4.98 Å². The van der Waals surface area contributed by atoms with Gasteiger partial charge in [0.25, 0.3) is 5.56 Å². The zero-order valence-electron chi connectivity index (χ0n) is 6.84. The molecule has 62 valence electrons. The number of H-pyrrole nitrogens is 1. The number of fused-ring (bicyclic) bond motifs is 1. The van der Waals surface area contributed by atoms with Crippen LogP contribution in [0.25, 0.3) is 10.2 Å². The highest BCUT2D eigenvalue weighted by molar-refractivity contribution is 7.16. The molecule has 12 heavy (non-hydrogen) atoms. The molecule has 0 aliphatic carbocycles. The lowest BCUT2D eigenvalue weighted by Gasteiger charge is -1.92. The average Bonchev–Trinajstić information content (AvgIpc) is 2.31. The van der Waals surface area contributed by atoms with Gasteiger partial charge in [-0.05, 0) is 24.8 Å². The molecule has 0 unspecified atom stereocenters. The van der Waals surface area contributed by atoms with Crippen LogP contribution < -0.4 is 5.56 Å². The zero-order valence-corrected chi connectivity index (χ0v) is 7.66. The number of hydrogen-bond donors (Lipinski definition) is 1. The Morgan fingerprint density at radius 1 is 1.50 bits per heavy atom. The molecule has 1 N–H and O–H groups in total. The number of rotatable bonds is 0. The molecule has 0 aliphatic heterocycles. The van der Waals surface area contributed by atoms with Crippen molar-refractivity contribution in [3.05, 3.63) is 27.1 Å². The molecule has 0 radical (unpaired) electrons. The lowest BCUT2D eigenvalue weighted by Crippen LogP contribution is -2.08. The Kier molecular flexibility index (Phi) is 1.51. The fraction of sp³-hybridized carbons (Fsp3) is 0.250. The van der Waals surface area contributed by atoms with Gasteiger partial charge in [0.15, 0.2) is 0 Å². The van der Waals surface area contributed by atoms with Crippen molar-refractivity contribution in [1.29, 1.82) is 0 Å². The predicted molar refractivity (Wildman–Crippen MR) is 49.7 cm³/mol. The maximum absolute atomic E-state index is 11.4. The third kappa shape index (κ3) is 0.956. The highest BCUT2D eigenvalue weighted by Crippen LogP contribution is 2.19. The summed E-state index contributed by atoms with van der Waals surface area (Å²) in [6.07, 6.45) is 0. The molecular weight excluding hydrogens is 172 g/mol. The van der Waals surface area contributed by atoms with E-state index in [4.69, 9.17) is 0 Å². The van der Waals surface area contributed by atoms with Crippen LogP contribution in [0.2, 0.25) is 0 Å². The van der Waals surface area contributed by atoms with E-state index < -0.39 is 0 Å². The summed E-state index contributed by atoms with van der Waals surface area (Å²) in [5.41, 5.74) is 0.972. The predicted octanol–water partition coefficient (Wildman–Crippen LogP) is 1.60. The van der Waals surface area contributed by atoms with Crippen molar-refractivity contribution in [1.82, 2.24) is 9.97 Å². The number of nitrogens with one attached hydrogen (secondary N) is 1. The zero-order chi connectivity index (χ0) is 8.72.